The van der Waals surface area contributed by atoms with Gasteiger partial charge in [-0.05, 0) is 76.6 Å². The Hall–Kier alpha value is -1.85. The minimum atomic E-state index is -0.185. The number of nitrogens with one attached hydrogen (secondary N) is 1. The van der Waals surface area contributed by atoms with Crippen LogP contribution in [0.3, 0.4) is 0 Å². The number of aromatic nitrogens is 1. The van der Waals surface area contributed by atoms with Crippen LogP contribution in [0.15, 0.2) is 24.4 Å². The molecule has 30 heavy (non-hydrogen) atoms. The molecule has 162 valence electrons. The first kappa shape index (κ1) is 20.1. The van der Waals surface area contributed by atoms with Crippen molar-refractivity contribution in [3.05, 3.63) is 35.5 Å². The number of rotatable bonds is 3. The Bertz CT molecular complexity index is 941. The highest BCUT2D eigenvalue weighted by Crippen LogP contribution is 2.45. The van der Waals surface area contributed by atoms with Gasteiger partial charge < -0.3 is 19.9 Å². The van der Waals surface area contributed by atoms with E-state index in [4.69, 9.17) is 0 Å². The van der Waals surface area contributed by atoms with Crippen LogP contribution in [0.1, 0.15) is 69.0 Å². The predicted octanol–water partition coefficient (Wildman–Crippen LogP) is 3.60. The number of hydrogen-bond acceptors (Lipinski definition) is 3. The molecule has 0 spiro atoms. The van der Waals surface area contributed by atoms with E-state index in [9.17, 15) is 9.90 Å². The number of carbonyl (C=O) groups excluding carboxylic acids is 1. The summed E-state index contributed by atoms with van der Waals surface area (Å²) in [7, 11) is 2.19. The molecule has 1 saturated carbocycles. The highest BCUT2D eigenvalue weighted by molar-refractivity contribution is 5.89. The lowest BCUT2D eigenvalue weighted by molar-refractivity contribution is -0.128. The maximum atomic E-state index is 13.1. The Morgan fingerprint density at radius 2 is 1.97 bits per heavy atom. The second-order valence-corrected chi connectivity index (χ2v) is 10.2. The van der Waals surface area contributed by atoms with E-state index in [-0.39, 0.29) is 24.0 Å². The highest BCUT2D eigenvalue weighted by atomic mass is 16.3. The Labute approximate surface area is 179 Å². The molecule has 1 aromatic heterocycles. The van der Waals surface area contributed by atoms with Crippen LogP contribution in [-0.4, -0.2) is 52.3 Å². The molecule has 2 N–H and O–H groups in total. The van der Waals surface area contributed by atoms with Crippen LogP contribution < -0.4 is 5.32 Å². The molecular formula is C25H35N3O2. The average Bonchev–Trinajstić information content (AvgIpc) is 3.10. The first-order valence-electron chi connectivity index (χ1n) is 11.7. The zero-order chi connectivity index (χ0) is 21.0. The molecule has 0 radical (unpaired) electrons. The van der Waals surface area contributed by atoms with Crippen LogP contribution in [0.25, 0.3) is 10.9 Å². The van der Waals surface area contributed by atoms with Gasteiger partial charge in [0.2, 0.25) is 5.91 Å². The molecule has 1 amide bonds. The fourth-order valence-corrected chi connectivity index (χ4v) is 6.23. The summed E-state index contributed by atoms with van der Waals surface area (Å²) in [6.45, 7) is 5.33. The predicted molar refractivity (Wildman–Crippen MR) is 120 cm³/mol. The van der Waals surface area contributed by atoms with E-state index in [1.165, 1.54) is 22.0 Å². The molecule has 2 fully saturated rings. The average molecular weight is 410 g/mol. The summed E-state index contributed by atoms with van der Waals surface area (Å²) in [5.41, 5.74) is 4.24. The van der Waals surface area contributed by atoms with E-state index in [1.54, 1.807) is 0 Å². The van der Waals surface area contributed by atoms with Gasteiger partial charge in [-0.25, -0.2) is 0 Å². The second kappa shape index (κ2) is 7.69. The van der Waals surface area contributed by atoms with Crippen LogP contribution in [-0.2, 0) is 11.2 Å². The number of likely N-dealkylation sites (tertiary alicyclic amines) is 1. The number of likely N-dealkylation sites (N-methyl/N-ethyl adjacent to an activating group) is 1. The summed E-state index contributed by atoms with van der Waals surface area (Å²) in [5.74, 6) is 0.651. The minimum Gasteiger partial charge on any atom is -0.393 e. The largest absolute Gasteiger partial charge is 0.393 e. The summed E-state index contributed by atoms with van der Waals surface area (Å²) in [6, 6.07) is 7.88. The van der Waals surface area contributed by atoms with Gasteiger partial charge >= 0.3 is 0 Å². The van der Waals surface area contributed by atoms with Crippen molar-refractivity contribution in [1.82, 2.24) is 14.8 Å². The Balaban J connectivity index is 1.40. The number of benzene rings is 1. The standard InChI is InChI=1S/C25H35N3O2/c1-15(2)28-14-16-12-23-21(20-5-4-6-22(28)24(16)20)11-17(13-27(23)3)25(30)26-18-7-9-19(29)10-8-18/h4-6,14-15,17-19,21,23,29H,7-13H2,1-3H3,(H,26,30)/t17?,18?,19?,21-,23-/m1/s1. The van der Waals surface area contributed by atoms with Gasteiger partial charge in [0.1, 0.15) is 0 Å². The van der Waals surface area contributed by atoms with Crippen molar-refractivity contribution in [2.75, 3.05) is 13.6 Å². The van der Waals surface area contributed by atoms with Gasteiger partial charge in [-0.2, -0.15) is 0 Å². The SMILES string of the molecule is CC(C)n1cc2c3c(cccc31)[C@H]1CC(C(=O)NC3CCC(O)CC3)CN(C)[C@@H]1C2. The fourth-order valence-electron chi connectivity index (χ4n) is 6.23. The van der Waals surface area contributed by atoms with Crippen LogP contribution in [0.4, 0.5) is 0 Å². The third kappa shape index (κ3) is 3.36. The van der Waals surface area contributed by atoms with Gasteiger partial charge in [0.25, 0.3) is 0 Å². The first-order chi connectivity index (χ1) is 14.4. The molecule has 1 unspecified atom stereocenters. The lowest BCUT2D eigenvalue weighted by Crippen LogP contribution is -2.52. The lowest BCUT2D eigenvalue weighted by atomic mass is 9.72. The smallest absolute Gasteiger partial charge is 0.224 e. The van der Waals surface area contributed by atoms with Crippen molar-refractivity contribution in [3.63, 3.8) is 0 Å². The molecule has 5 nitrogen and oxygen atoms in total. The molecule has 2 aromatic rings. The van der Waals surface area contributed by atoms with E-state index >= 15 is 0 Å². The fraction of sp³-hybridized carbons (Fsp3) is 0.640. The number of carbonyl (C=O) groups is 1. The molecule has 5 heteroatoms. The van der Waals surface area contributed by atoms with E-state index in [0.717, 1.165) is 45.1 Å². The van der Waals surface area contributed by atoms with Crippen molar-refractivity contribution >= 4 is 16.8 Å². The maximum Gasteiger partial charge on any atom is 0.224 e. The van der Waals surface area contributed by atoms with Crippen LogP contribution in [0, 0.1) is 5.92 Å². The zero-order valence-corrected chi connectivity index (χ0v) is 18.5. The Kier molecular flexibility index (Phi) is 5.14. The number of hydrogen-bond donors (Lipinski definition) is 2. The monoisotopic (exact) mass is 409 g/mol. The van der Waals surface area contributed by atoms with Crippen molar-refractivity contribution in [2.24, 2.45) is 5.92 Å². The van der Waals surface area contributed by atoms with Gasteiger partial charge in [-0.1, -0.05) is 12.1 Å². The van der Waals surface area contributed by atoms with E-state index in [0.29, 0.717) is 18.0 Å². The van der Waals surface area contributed by atoms with Gasteiger partial charge in [0.15, 0.2) is 0 Å². The van der Waals surface area contributed by atoms with E-state index in [1.807, 2.05) is 0 Å². The second-order valence-electron chi connectivity index (χ2n) is 10.2. The summed E-state index contributed by atoms with van der Waals surface area (Å²) in [4.78, 5) is 15.6. The maximum absolute atomic E-state index is 13.1. The van der Waals surface area contributed by atoms with Gasteiger partial charge in [-0.15, -0.1) is 0 Å². The van der Waals surface area contributed by atoms with Crippen molar-refractivity contribution < 1.29 is 9.90 Å². The summed E-state index contributed by atoms with van der Waals surface area (Å²) in [6.07, 6.45) is 7.58. The van der Waals surface area contributed by atoms with Crippen LogP contribution >= 0.6 is 0 Å². The van der Waals surface area contributed by atoms with E-state index < -0.39 is 0 Å². The number of aliphatic hydroxyl groups is 1. The Morgan fingerprint density at radius 1 is 1.20 bits per heavy atom. The highest BCUT2D eigenvalue weighted by Gasteiger charge is 2.42. The lowest BCUT2D eigenvalue weighted by Gasteiger charge is -2.45. The number of nitrogens with zero attached hydrogens (tertiary/aromatic N) is 2. The molecule has 3 atom stereocenters. The zero-order valence-electron chi connectivity index (χ0n) is 18.5. The molecule has 3 aliphatic rings. The number of piperidine rings is 1. The van der Waals surface area contributed by atoms with Crippen LogP contribution in [0.5, 0.6) is 0 Å². The van der Waals surface area contributed by atoms with Crippen LogP contribution in [0.2, 0.25) is 0 Å². The molecule has 1 aliphatic heterocycles. The van der Waals surface area contributed by atoms with Crippen molar-refractivity contribution in [2.45, 2.75) is 82.5 Å². The van der Waals surface area contributed by atoms with Gasteiger partial charge in [0, 0.05) is 47.7 Å². The molecule has 2 heterocycles. The quantitative estimate of drug-likeness (QED) is 0.814. The molecule has 0 bridgehead atoms. The van der Waals surface area contributed by atoms with Gasteiger partial charge in [0.05, 0.1) is 12.0 Å². The summed E-state index contributed by atoms with van der Waals surface area (Å²) in [5, 5.41) is 14.5. The number of amides is 1. The molecule has 1 saturated heterocycles. The first-order valence-corrected chi connectivity index (χ1v) is 11.7. The topological polar surface area (TPSA) is 57.5 Å². The molecular weight excluding hydrogens is 374 g/mol. The number of fused-ring (bicyclic) bond motifs is 2. The van der Waals surface area contributed by atoms with E-state index in [2.05, 4.69) is 60.1 Å². The minimum absolute atomic E-state index is 0.0343. The third-order valence-corrected chi connectivity index (χ3v) is 7.85. The third-order valence-electron chi connectivity index (χ3n) is 7.85. The van der Waals surface area contributed by atoms with Gasteiger partial charge in [-0.3, -0.25) is 4.79 Å². The van der Waals surface area contributed by atoms with Crippen molar-refractivity contribution in [3.8, 4) is 0 Å². The van der Waals surface area contributed by atoms with Crippen molar-refractivity contribution in [1.29, 1.82) is 0 Å². The summed E-state index contributed by atoms with van der Waals surface area (Å²) < 4.78 is 2.41. The number of aliphatic hydroxyl groups excluding tert-OH is 1. The molecule has 5 rings (SSSR count). The Morgan fingerprint density at radius 3 is 2.70 bits per heavy atom. The normalized spacial score (nSPS) is 31.7. The summed E-state index contributed by atoms with van der Waals surface area (Å²) >= 11 is 0. The molecule has 1 aromatic carbocycles. The molecule has 2 aliphatic carbocycles.